The molecule has 1 aromatic rings. The van der Waals surface area contributed by atoms with Crippen molar-refractivity contribution in [3.63, 3.8) is 0 Å². The highest BCUT2D eigenvalue weighted by Gasteiger charge is 2.70. The van der Waals surface area contributed by atoms with Crippen LogP contribution in [0.4, 0.5) is 0 Å². The van der Waals surface area contributed by atoms with E-state index in [-0.39, 0.29) is 11.4 Å². The van der Waals surface area contributed by atoms with Gasteiger partial charge in [-0.25, -0.2) is 0 Å². The number of allylic oxidation sites excluding steroid dienone is 1. The van der Waals surface area contributed by atoms with Gasteiger partial charge < -0.3 is 10.4 Å². The maximum Gasteiger partial charge on any atom is 0.261 e. The molecule has 4 nitrogen and oxygen atoms in total. The van der Waals surface area contributed by atoms with E-state index >= 15 is 0 Å². The van der Waals surface area contributed by atoms with Crippen molar-refractivity contribution in [2.45, 2.75) is 63.3 Å². The molecule has 3 fully saturated rings. The summed E-state index contributed by atoms with van der Waals surface area (Å²) >= 11 is 1.44. The van der Waals surface area contributed by atoms with Crippen molar-refractivity contribution in [2.75, 3.05) is 6.54 Å². The number of piperidine rings is 1. The lowest BCUT2D eigenvalue weighted by atomic mass is 9.75. The Bertz CT molecular complexity index is 767. The Morgan fingerprint density at radius 3 is 2.72 bits per heavy atom. The van der Waals surface area contributed by atoms with Crippen LogP contribution in [0.25, 0.3) is 11.6 Å². The summed E-state index contributed by atoms with van der Waals surface area (Å²) in [7, 11) is 0. The predicted octanol–water partition coefficient (Wildman–Crippen LogP) is 3.28. The van der Waals surface area contributed by atoms with Crippen molar-refractivity contribution in [1.29, 1.82) is 0 Å². The van der Waals surface area contributed by atoms with Gasteiger partial charge in [0.2, 0.25) is 0 Å². The average molecular weight is 359 g/mol. The second-order valence-corrected chi connectivity index (χ2v) is 9.02. The van der Waals surface area contributed by atoms with Crippen LogP contribution >= 0.6 is 11.3 Å². The highest BCUT2D eigenvalue weighted by atomic mass is 32.1. The summed E-state index contributed by atoms with van der Waals surface area (Å²) < 4.78 is 0. The fourth-order valence-corrected chi connectivity index (χ4v) is 5.87. The van der Waals surface area contributed by atoms with Crippen molar-refractivity contribution in [3.8, 4) is 0 Å². The van der Waals surface area contributed by atoms with E-state index in [1.807, 2.05) is 19.1 Å². The molecule has 0 radical (unpaired) electrons. The molecule has 2 saturated heterocycles. The maximum absolute atomic E-state index is 12.8. The Morgan fingerprint density at radius 2 is 2.24 bits per heavy atom. The molecule has 1 amide bonds. The molecule has 2 aliphatic heterocycles. The first-order valence-corrected chi connectivity index (χ1v) is 9.87. The molecule has 3 aliphatic rings. The lowest BCUT2D eigenvalue weighted by Gasteiger charge is -2.63. The molecule has 0 bridgehead atoms. The van der Waals surface area contributed by atoms with Crippen LogP contribution in [-0.2, 0) is 0 Å². The van der Waals surface area contributed by atoms with Crippen LogP contribution < -0.4 is 5.32 Å². The Labute approximate surface area is 153 Å². The van der Waals surface area contributed by atoms with Crippen LogP contribution in [0.1, 0.15) is 60.1 Å². The van der Waals surface area contributed by atoms with Gasteiger partial charge in [0.25, 0.3) is 5.91 Å². The lowest BCUT2D eigenvalue weighted by molar-refractivity contribution is -0.113. The van der Waals surface area contributed by atoms with Crippen molar-refractivity contribution < 1.29 is 9.90 Å². The third kappa shape index (κ3) is 2.44. The Balaban J connectivity index is 1.57. The van der Waals surface area contributed by atoms with Crippen molar-refractivity contribution in [2.24, 2.45) is 0 Å². The van der Waals surface area contributed by atoms with Gasteiger partial charge in [-0.1, -0.05) is 18.7 Å². The molecule has 1 aliphatic carbocycles. The van der Waals surface area contributed by atoms with E-state index in [0.717, 1.165) is 16.0 Å². The topological polar surface area (TPSA) is 52.6 Å². The minimum atomic E-state index is -0.955. The zero-order valence-electron chi connectivity index (χ0n) is 15.1. The normalized spacial score (nSPS) is 27.3. The first kappa shape index (κ1) is 17.0. The number of nitrogens with zero attached hydrogens (tertiary/aromatic N) is 1. The van der Waals surface area contributed by atoms with Crippen LogP contribution in [0.3, 0.4) is 0 Å². The van der Waals surface area contributed by atoms with Gasteiger partial charge in [-0.05, 0) is 57.2 Å². The molecular weight excluding hydrogens is 332 g/mol. The molecule has 2 unspecified atom stereocenters. The first-order valence-electron chi connectivity index (χ1n) is 9.05. The summed E-state index contributed by atoms with van der Waals surface area (Å²) in [4.78, 5) is 17.0. The van der Waals surface area contributed by atoms with E-state index in [0.29, 0.717) is 17.0 Å². The number of hydrogen-bond donors (Lipinski definition) is 2. The van der Waals surface area contributed by atoms with Gasteiger partial charge in [0.1, 0.15) is 0 Å². The van der Waals surface area contributed by atoms with Gasteiger partial charge in [0.15, 0.2) is 0 Å². The molecule has 134 valence electrons. The van der Waals surface area contributed by atoms with Crippen LogP contribution in [0.5, 0.6) is 0 Å². The monoisotopic (exact) mass is 358 g/mol. The van der Waals surface area contributed by atoms with Crippen molar-refractivity contribution >= 4 is 28.9 Å². The fraction of sp³-hybridized carbons (Fsp3) is 0.550. The second-order valence-electron chi connectivity index (χ2n) is 7.96. The van der Waals surface area contributed by atoms with Gasteiger partial charge in [0.05, 0.1) is 16.5 Å². The summed E-state index contributed by atoms with van der Waals surface area (Å²) in [6.45, 7) is 10.5. The number of aliphatic hydroxyl groups is 1. The summed E-state index contributed by atoms with van der Waals surface area (Å²) in [6, 6.07) is 2.75. The summed E-state index contributed by atoms with van der Waals surface area (Å²) in [5.41, 5.74) is 1.06. The van der Waals surface area contributed by atoms with E-state index in [2.05, 4.69) is 16.8 Å². The predicted molar refractivity (Wildman–Crippen MR) is 103 cm³/mol. The van der Waals surface area contributed by atoms with Crippen LogP contribution in [0.2, 0.25) is 0 Å². The first-order chi connectivity index (χ1) is 11.8. The third-order valence-corrected chi connectivity index (χ3v) is 7.23. The number of rotatable bonds is 5. The number of nitrogens with one attached hydrogen (secondary N) is 1. The molecule has 0 aromatic carbocycles. The Morgan fingerprint density at radius 1 is 1.52 bits per heavy atom. The molecule has 3 heterocycles. The zero-order valence-corrected chi connectivity index (χ0v) is 15.9. The maximum atomic E-state index is 12.8. The van der Waals surface area contributed by atoms with Gasteiger partial charge in [-0.15, -0.1) is 11.3 Å². The van der Waals surface area contributed by atoms with Crippen LogP contribution in [0.15, 0.2) is 18.7 Å². The van der Waals surface area contributed by atoms with E-state index in [9.17, 15) is 9.90 Å². The SMILES string of the molecule is C=Cc1cc(C(=O)NC2C3CCN3C23CC3)sc1/C(=C\C)C(C)(C)O. The van der Waals surface area contributed by atoms with Gasteiger partial charge >= 0.3 is 0 Å². The highest BCUT2D eigenvalue weighted by Crippen LogP contribution is 2.59. The largest absolute Gasteiger partial charge is 0.386 e. The minimum Gasteiger partial charge on any atom is -0.386 e. The van der Waals surface area contributed by atoms with Gasteiger partial charge in [0, 0.05) is 23.0 Å². The lowest BCUT2D eigenvalue weighted by Crippen LogP contribution is -2.80. The van der Waals surface area contributed by atoms with Gasteiger partial charge in [-0.2, -0.15) is 0 Å². The molecule has 1 saturated carbocycles. The second kappa shape index (κ2) is 5.53. The fourth-order valence-electron chi connectivity index (χ4n) is 4.57. The van der Waals surface area contributed by atoms with Gasteiger partial charge in [-0.3, -0.25) is 9.69 Å². The molecule has 1 spiro atoms. The van der Waals surface area contributed by atoms with E-state index in [4.69, 9.17) is 0 Å². The van der Waals surface area contributed by atoms with Crippen molar-refractivity contribution in [3.05, 3.63) is 34.0 Å². The Hall–Kier alpha value is -1.43. The standard InChI is InChI=1S/C20H26N2O2S/c1-5-12-11-15(25-16(12)13(6-2)19(3,4)24)18(23)21-17-14-7-10-22(14)20(17)8-9-20/h5-6,11,14,17,24H,1,7-10H2,2-4H3,(H,21,23)/b13-6+. The number of hydrogen-bond acceptors (Lipinski definition) is 4. The molecular formula is C20H26N2O2S. The number of carbonyl (C=O) groups is 1. The summed E-state index contributed by atoms with van der Waals surface area (Å²) in [6.07, 6.45) is 7.30. The summed E-state index contributed by atoms with van der Waals surface area (Å²) in [5, 5.41) is 13.7. The minimum absolute atomic E-state index is 0.00775. The molecule has 2 atom stereocenters. The quantitative estimate of drug-likeness (QED) is 0.849. The van der Waals surface area contributed by atoms with E-state index < -0.39 is 5.60 Å². The van der Waals surface area contributed by atoms with E-state index in [1.54, 1.807) is 19.9 Å². The summed E-state index contributed by atoms with van der Waals surface area (Å²) in [5.74, 6) is 0.00775. The number of carbonyl (C=O) groups excluding carboxylic acids is 1. The number of fused-ring (bicyclic) bond motifs is 2. The number of amides is 1. The number of thiophene rings is 1. The highest BCUT2D eigenvalue weighted by molar-refractivity contribution is 7.15. The molecule has 25 heavy (non-hydrogen) atoms. The van der Waals surface area contributed by atoms with Crippen LogP contribution in [0, 0.1) is 0 Å². The molecule has 5 heteroatoms. The third-order valence-electron chi connectivity index (χ3n) is 6.05. The van der Waals surface area contributed by atoms with E-state index in [1.165, 1.54) is 37.1 Å². The zero-order chi connectivity index (χ0) is 18.0. The van der Waals surface area contributed by atoms with Crippen LogP contribution in [-0.4, -0.2) is 45.7 Å². The molecule has 4 rings (SSSR count). The average Bonchev–Trinajstić information content (AvgIpc) is 3.19. The molecule has 1 aromatic heterocycles. The molecule has 2 N–H and O–H groups in total. The smallest absolute Gasteiger partial charge is 0.261 e. The van der Waals surface area contributed by atoms with Crippen molar-refractivity contribution in [1.82, 2.24) is 10.2 Å². The Kier molecular flexibility index (Phi) is 3.76.